The van der Waals surface area contributed by atoms with Crippen molar-refractivity contribution in [3.05, 3.63) is 28.3 Å². The van der Waals surface area contributed by atoms with Gasteiger partial charge in [-0.2, -0.15) is 0 Å². The lowest BCUT2D eigenvalue weighted by molar-refractivity contribution is 0.476. The summed E-state index contributed by atoms with van der Waals surface area (Å²) in [4.78, 5) is 0.291. The zero-order chi connectivity index (χ0) is 15.6. The van der Waals surface area contributed by atoms with Gasteiger partial charge in [-0.1, -0.05) is 24.9 Å². The van der Waals surface area contributed by atoms with Gasteiger partial charge in [0, 0.05) is 17.6 Å². The molecule has 0 spiro atoms. The highest BCUT2D eigenvalue weighted by Gasteiger charge is 2.29. The van der Waals surface area contributed by atoms with Gasteiger partial charge in [0.05, 0.1) is 4.90 Å². The summed E-state index contributed by atoms with van der Waals surface area (Å²) in [6.07, 6.45) is 3.06. The third-order valence-electron chi connectivity index (χ3n) is 4.26. The highest BCUT2D eigenvalue weighted by Crippen LogP contribution is 2.29. The van der Waals surface area contributed by atoms with Crippen LogP contribution in [-0.2, 0) is 16.6 Å². The van der Waals surface area contributed by atoms with Crippen molar-refractivity contribution in [2.24, 2.45) is 5.92 Å². The molecule has 118 valence electrons. The van der Waals surface area contributed by atoms with E-state index in [2.05, 4.69) is 17.0 Å². The van der Waals surface area contributed by atoms with E-state index in [-0.39, 0.29) is 6.04 Å². The average Bonchev–Trinajstić information content (AvgIpc) is 2.78. The first-order valence-electron chi connectivity index (χ1n) is 7.31. The molecular formula is C15H23ClN2O2S. The fourth-order valence-electron chi connectivity index (χ4n) is 2.94. The molecule has 1 saturated carbocycles. The fraction of sp³-hybridized carbons (Fsp3) is 0.600. The third-order valence-corrected chi connectivity index (χ3v) is 6.09. The Bertz CT molecular complexity index is 616. The Labute approximate surface area is 132 Å². The SMILES string of the molecule is CNCc1cc(Cl)cc(S(=O)(=O)NC2CCCC2C)c1C. The molecule has 0 aromatic heterocycles. The van der Waals surface area contributed by atoms with Crippen LogP contribution in [0.2, 0.25) is 5.02 Å². The van der Waals surface area contributed by atoms with Crippen LogP contribution in [0.4, 0.5) is 0 Å². The maximum atomic E-state index is 12.7. The molecule has 1 fully saturated rings. The number of rotatable bonds is 5. The summed E-state index contributed by atoms with van der Waals surface area (Å²) < 4.78 is 28.2. The van der Waals surface area contributed by atoms with E-state index in [0.29, 0.717) is 22.4 Å². The molecule has 1 aliphatic carbocycles. The highest BCUT2D eigenvalue weighted by atomic mass is 35.5. The monoisotopic (exact) mass is 330 g/mol. The molecule has 0 aliphatic heterocycles. The van der Waals surface area contributed by atoms with Crippen LogP contribution in [0.3, 0.4) is 0 Å². The van der Waals surface area contributed by atoms with Crippen LogP contribution in [0.1, 0.15) is 37.3 Å². The van der Waals surface area contributed by atoms with Crippen molar-refractivity contribution in [1.29, 1.82) is 0 Å². The second kappa shape index (κ2) is 6.65. The molecule has 4 nitrogen and oxygen atoms in total. The van der Waals surface area contributed by atoms with Gasteiger partial charge in [-0.05, 0) is 56.0 Å². The zero-order valence-electron chi connectivity index (χ0n) is 12.7. The molecule has 2 N–H and O–H groups in total. The summed E-state index contributed by atoms with van der Waals surface area (Å²) >= 11 is 6.09. The summed E-state index contributed by atoms with van der Waals surface area (Å²) in [5, 5.41) is 3.49. The van der Waals surface area contributed by atoms with Crippen LogP contribution < -0.4 is 10.0 Å². The van der Waals surface area contributed by atoms with Crippen LogP contribution in [-0.4, -0.2) is 21.5 Å². The Kier molecular flexibility index (Phi) is 5.30. The molecule has 1 aromatic carbocycles. The van der Waals surface area contributed by atoms with Gasteiger partial charge in [-0.15, -0.1) is 0 Å². The predicted octanol–water partition coefficient (Wildman–Crippen LogP) is 2.83. The standard InChI is InChI=1S/C15H23ClN2O2S/c1-10-5-4-6-14(10)18-21(19,20)15-8-13(16)7-12(9-17-3)11(15)2/h7-8,10,14,17-18H,4-6,9H2,1-3H3. The summed E-state index contributed by atoms with van der Waals surface area (Å²) in [6, 6.07) is 3.38. The highest BCUT2D eigenvalue weighted by molar-refractivity contribution is 7.89. The zero-order valence-corrected chi connectivity index (χ0v) is 14.3. The molecule has 0 bridgehead atoms. The second-order valence-electron chi connectivity index (χ2n) is 5.85. The average molecular weight is 331 g/mol. The van der Waals surface area contributed by atoms with Crippen molar-refractivity contribution >= 4 is 21.6 Å². The summed E-state index contributed by atoms with van der Waals surface area (Å²) in [7, 11) is -1.71. The van der Waals surface area contributed by atoms with Crippen molar-refractivity contribution in [3.8, 4) is 0 Å². The minimum Gasteiger partial charge on any atom is -0.316 e. The van der Waals surface area contributed by atoms with Crippen LogP contribution in [0.25, 0.3) is 0 Å². The van der Waals surface area contributed by atoms with Gasteiger partial charge < -0.3 is 5.32 Å². The quantitative estimate of drug-likeness (QED) is 0.872. The van der Waals surface area contributed by atoms with E-state index in [1.165, 1.54) is 6.07 Å². The molecule has 21 heavy (non-hydrogen) atoms. The van der Waals surface area contributed by atoms with E-state index in [9.17, 15) is 8.42 Å². The van der Waals surface area contributed by atoms with Crippen molar-refractivity contribution in [3.63, 3.8) is 0 Å². The van der Waals surface area contributed by atoms with Crippen LogP contribution in [0.15, 0.2) is 17.0 Å². The van der Waals surface area contributed by atoms with Gasteiger partial charge in [0.25, 0.3) is 0 Å². The minimum atomic E-state index is -3.53. The number of hydrogen-bond donors (Lipinski definition) is 2. The van der Waals surface area contributed by atoms with E-state index in [1.54, 1.807) is 0 Å². The molecule has 2 atom stereocenters. The number of benzene rings is 1. The Balaban J connectivity index is 2.35. The minimum absolute atomic E-state index is 0.0288. The van der Waals surface area contributed by atoms with Crippen molar-refractivity contribution < 1.29 is 8.42 Å². The number of hydrogen-bond acceptors (Lipinski definition) is 3. The maximum Gasteiger partial charge on any atom is 0.241 e. The topological polar surface area (TPSA) is 58.2 Å². The molecular weight excluding hydrogens is 308 g/mol. The van der Waals surface area contributed by atoms with E-state index in [0.717, 1.165) is 30.4 Å². The van der Waals surface area contributed by atoms with Crippen molar-refractivity contribution in [2.45, 2.75) is 50.6 Å². The summed E-state index contributed by atoms with van der Waals surface area (Å²) in [5.74, 6) is 0.385. The van der Waals surface area contributed by atoms with Crippen LogP contribution >= 0.6 is 11.6 Å². The van der Waals surface area contributed by atoms with Gasteiger partial charge in [0.15, 0.2) is 0 Å². The largest absolute Gasteiger partial charge is 0.316 e. The molecule has 1 aliphatic rings. The summed E-state index contributed by atoms with van der Waals surface area (Å²) in [5.41, 5.74) is 1.66. The molecule has 1 aromatic rings. The molecule has 0 radical (unpaired) electrons. The number of halogens is 1. The molecule has 0 amide bonds. The normalized spacial score (nSPS) is 22.7. The third kappa shape index (κ3) is 3.77. The molecule has 0 saturated heterocycles. The maximum absolute atomic E-state index is 12.7. The van der Waals surface area contributed by atoms with E-state index in [4.69, 9.17) is 11.6 Å². The van der Waals surface area contributed by atoms with Crippen LogP contribution in [0.5, 0.6) is 0 Å². The van der Waals surface area contributed by atoms with Gasteiger partial charge in [0.2, 0.25) is 10.0 Å². The van der Waals surface area contributed by atoms with Gasteiger partial charge in [-0.3, -0.25) is 0 Å². The van der Waals surface area contributed by atoms with Crippen LogP contribution in [0, 0.1) is 12.8 Å². The molecule has 2 rings (SSSR count). The smallest absolute Gasteiger partial charge is 0.241 e. The van der Waals surface area contributed by atoms with Crippen molar-refractivity contribution in [2.75, 3.05) is 7.05 Å². The predicted molar refractivity (Wildman–Crippen MR) is 86.1 cm³/mol. The van der Waals surface area contributed by atoms with E-state index < -0.39 is 10.0 Å². The van der Waals surface area contributed by atoms with E-state index in [1.807, 2.05) is 20.0 Å². The second-order valence-corrected chi connectivity index (χ2v) is 7.97. The fourth-order valence-corrected chi connectivity index (χ4v) is 4.94. The van der Waals surface area contributed by atoms with Gasteiger partial charge >= 0.3 is 0 Å². The molecule has 6 heteroatoms. The number of sulfonamides is 1. The number of nitrogens with one attached hydrogen (secondary N) is 2. The Hall–Kier alpha value is -0.620. The first-order valence-corrected chi connectivity index (χ1v) is 9.17. The lowest BCUT2D eigenvalue weighted by Gasteiger charge is -2.19. The first kappa shape index (κ1) is 16.7. The van der Waals surface area contributed by atoms with E-state index >= 15 is 0 Å². The Morgan fingerprint density at radius 3 is 2.62 bits per heavy atom. The Morgan fingerprint density at radius 2 is 2.05 bits per heavy atom. The molecule has 2 unspecified atom stereocenters. The lowest BCUT2D eigenvalue weighted by Crippen LogP contribution is -2.36. The van der Waals surface area contributed by atoms with Gasteiger partial charge in [-0.25, -0.2) is 13.1 Å². The molecule has 0 heterocycles. The lowest BCUT2D eigenvalue weighted by atomic mass is 10.1. The first-order chi connectivity index (χ1) is 9.85. The van der Waals surface area contributed by atoms with Crippen molar-refractivity contribution in [1.82, 2.24) is 10.0 Å². The van der Waals surface area contributed by atoms with Gasteiger partial charge in [0.1, 0.15) is 0 Å². The Morgan fingerprint density at radius 1 is 1.33 bits per heavy atom. The summed E-state index contributed by atoms with van der Waals surface area (Å²) in [6.45, 7) is 4.52.